The highest BCUT2D eigenvalue weighted by Gasteiger charge is 2.07. The quantitative estimate of drug-likeness (QED) is 0.825. The second-order valence-electron chi connectivity index (χ2n) is 4.12. The molecule has 1 aromatic carbocycles. The number of rotatable bonds is 5. The summed E-state index contributed by atoms with van der Waals surface area (Å²) in [5.74, 6) is 1.82. The van der Waals surface area contributed by atoms with E-state index in [9.17, 15) is 4.21 Å². The number of nitrogen functional groups attached to an aromatic ring is 1. The van der Waals surface area contributed by atoms with Crippen molar-refractivity contribution in [1.29, 1.82) is 0 Å². The fourth-order valence-corrected chi connectivity index (χ4v) is 3.02. The van der Waals surface area contributed by atoms with Crippen LogP contribution in [0.4, 0.5) is 5.69 Å². The van der Waals surface area contributed by atoms with Crippen LogP contribution in [0.3, 0.4) is 0 Å². The van der Waals surface area contributed by atoms with Gasteiger partial charge in [-0.1, -0.05) is 37.9 Å². The van der Waals surface area contributed by atoms with Crippen LogP contribution >= 0.6 is 11.6 Å². The summed E-state index contributed by atoms with van der Waals surface area (Å²) in [7, 11) is -0.814. The predicted octanol–water partition coefficient (Wildman–Crippen LogP) is 3.22. The number of benzene rings is 1. The Hall–Kier alpha value is -0.540. The second kappa shape index (κ2) is 6.26. The van der Waals surface area contributed by atoms with Gasteiger partial charge in [0.2, 0.25) is 0 Å². The standard InChI is InChI=1S/C12H18ClNOS/c1-3-9(2)7-16(15)8-10-4-5-11(13)12(14)6-10/h4-6,9H,3,7-8,14H2,1-2H3. The van der Waals surface area contributed by atoms with Crippen molar-refractivity contribution in [1.82, 2.24) is 0 Å². The molecule has 1 aromatic rings. The molecular formula is C12H18ClNOS. The van der Waals surface area contributed by atoms with Crippen molar-refractivity contribution in [3.05, 3.63) is 28.8 Å². The van der Waals surface area contributed by atoms with E-state index >= 15 is 0 Å². The highest BCUT2D eigenvalue weighted by atomic mass is 35.5. The lowest BCUT2D eigenvalue weighted by molar-refractivity contribution is 0.615. The third-order valence-corrected chi connectivity index (χ3v) is 4.50. The van der Waals surface area contributed by atoms with Crippen LogP contribution in [-0.2, 0) is 16.6 Å². The van der Waals surface area contributed by atoms with Crippen molar-refractivity contribution in [3.63, 3.8) is 0 Å². The molecule has 0 heterocycles. The zero-order chi connectivity index (χ0) is 12.1. The highest BCUT2D eigenvalue weighted by molar-refractivity contribution is 7.84. The van der Waals surface area contributed by atoms with E-state index < -0.39 is 10.8 Å². The molecular weight excluding hydrogens is 242 g/mol. The molecule has 0 radical (unpaired) electrons. The maximum Gasteiger partial charge on any atom is 0.0635 e. The highest BCUT2D eigenvalue weighted by Crippen LogP contribution is 2.20. The van der Waals surface area contributed by atoms with Crippen LogP contribution in [0, 0.1) is 5.92 Å². The topological polar surface area (TPSA) is 43.1 Å². The molecule has 0 aliphatic heterocycles. The Balaban J connectivity index is 2.59. The van der Waals surface area contributed by atoms with E-state index in [2.05, 4.69) is 13.8 Å². The molecule has 0 aromatic heterocycles. The molecule has 0 aliphatic carbocycles. The van der Waals surface area contributed by atoms with E-state index in [-0.39, 0.29) is 0 Å². The van der Waals surface area contributed by atoms with Gasteiger partial charge in [0, 0.05) is 22.3 Å². The molecule has 2 nitrogen and oxygen atoms in total. The Labute approximate surface area is 105 Å². The summed E-state index contributed by atoms with van der Waals surface area (Å²) in [6, 6.07) is 5.44. The summed E-state index contributed by atoms with van der Waals surface area (Å²) < 4.78 is 11.8. The van der Waals surface area contributed by atoms with Crippen molar-refractivity contribution in [2.45, 2.75) is 26.0 Å². The second-order valence-corrected chi connectivity index (χ2v) is 6.03. The van der Waals surface area contributed by atoms with Crippen molar-refractivity contribution in [2.75, 3.05) is 11.5 Å². The van der Waals surface area contributed by atoms with Gasteiger partial charge in [0.1, 0.15) is 0 Å². The van der Waals surface area contributed by atoms with E-state index in [0.29, 0.717) is 22.4 Å². The molecule has 0 fully saturated rings. The summed E-state index contributed by atoms with van der Waals surface area (Å²) in [6.07, 6.45) is 1.06. The van der Waals surface area contributed by atoms with Crippen LogP contribution in [0.1, 0.15) is 25.8 Å². The van der Waals surface area contributed by atoms with Crippen molar-refractivity contribution >= 4 is 28.1 Å². The number of nitrogens with two attached hydrogens (primary N) is 1. The molecule has 0 aliphatic rings. The number of hydrogen-bond acceptors (Lipinski definition) is 2. The maximum atomic E-state index is 11.8. The van der Waals surface area contributed by atoms with Crippen LogP contribution < -0.4 is 5.73 Å². The average molecular weight is 260 g/mol. The fourth-order valence-electron chi connectivity index (χ4n) is 1.36. The Morgan fingerprint density at radius 1 is 1.50 bits per heavy atom. The van der Waals surface area contributed by atoms with Crippen LogP contribution in [0.2, 0.25) is 5.02 Å². The van der Waals surface area contributed by atoms with Crippen LogP contribution in [-0.4, -0.2) is 9.96 Å². The van der Waals surface area contributed by atoms with Gasteiger partial charge < -0.3 is 5.73 Å². The van der Waals surface area contributed by atoms with E-state index in [1.807, 2.05) is 6.07 Å². The summed E-state index contributed by atoms with van der Waals surface area (Å²) in [4.78, 5) is 0. The minimum atomic E-state index is -0.814. The molecule has 2 atom stereocenters. The summed E-state index contributed by atoms with van der Waals surface area (Å²) in [5.41, 5.74) is 7.24. The molecule has 2 N–H and O–H groups in total. The van der Waals surface area contributed by atoms with Crippen molar-refractivity contribution in [3.8, 4) is 0 Å². The summed E-state index contributed by atoms with van der Waals surface area (Å²) >= 11 is 5.82. The van der Waals surface area contributed by atoms with Crippen molar-refractivity contribution in [2.24, 2.45) is 5.92 Å². The van der Waals surface area contributed by atoms with E-state index in [1.165, 1.54) is 0 Å². The van der Waals surface area contributed by atoms with Crippen LogP contribution in [0.25, 0.3) is 0 Å². The van der Waals surface area contributed by atoms with Crippen LogP contribution in [0.15, 0.2) is 18.2 Å². The van der Waals surface area contributed by atoms with E-state index in [4.69, 9.17) is 17.3 Å². The zero-order valence-corrected chi connectivity index (χ0v) is 11.3. The third kappa shape index (κ3) is 4.14. The largest absolute Gasteiger partial charge is 0.398 e. The molecule has 4 heteroatoms. The lowest BCUT2D eigenvalue weighted by Crippen LogP contribution is -2.08. The molecule has 2 unspecified atom stereocenters. The Bertz CT molecular complexity index is 381. The molecule has 0 saturated carbocycles. The fraction of sp³-hybridized carbons (Fsp3) is 0.500. The number of anilines is 1. The molecule has 0 saturated heterocycles. The first kappa shape index (κ1) is 13.5. The molecule has 16 heavy (non-hydrogen) atoms. The molecule has 0 bridgehead atoms. The third-order valence-electron chi connectivity index (χ3n) is 2.56. The van der Waals surface area contributed by atoms with E-state index in [1.54, 1.807) is 12.1 Å². The predicted molar refractivity (Wildman–Crippen MR) is 72.0 cm³/mol. The first-order valence-electron chi connectivity index (χ1n) is 5.41. The van der Waals surface area contributed by atoms with Gasteiger partial charge in [-0.05, 0) is 23.6 Å². The first-order valence-corrected chi connectivity index (χ1v) is 7.28. The number of hydrogen-bond donors (Lipinski definition) is 1. The summed E-state index contributed by atoms with van der Waals surface area (Å²) in [5, 5.41) is 0.552. The van der Waals surface area contributed by atoms with Gasteiger partial charge >= 0.3 is 0 Å². The zero-order valence-electron chi connectivity index (χ0n) is 9.70. The lowest BCUT2D eigenvalue weighted by Gasteiger charge is -2.08. The van der Waals surface area contributed by atoms with Gasteiger partial charge in [0.15, 0.2) is 0 Å². The maximum absolute atomic E-state index is 11.8. The minimum Gasteiger partial charge on any atom is -0.398 e. The van der Waals surface area contributed by atoms with Gasteiger partial charge in [0.25, 0.3) is 0 Å². The molecule has 90 valence electrons. The monoisotopic (exact) mass is 259 g/mol. The Kier molecular flexibility index (Phi) is 5.29. The SMILES string of the molecule is CCC(C)CS(=O)Cc1ccc(Cl)c(N)c1. The Morgan fingerprint density at radius 2 is 2.19 bits per heavy atom. The minimum absolute atomic E-state index is 0.505. The molecule has 0 spiro atoms. The van der Waals surface area contributed by atoms with Gasteiger partial charge in [0.05, 0.1) is 10.7 Å². The van der Waals surface area contributed by atoms with E-state index in [0.717, 1.165) is 17.7 Å². The molecule has 0 amide bonds. The van der Waals surface area contributed by atoms with Gasteiger partial charge in [-0.3, -0.25) is 4.21 Å². The van der Waals surface area contributed by atoms with Gasteiger partial charge in [-0.25, -0.2) is 0 Å². The molecule has 1 rings (SSSR count). The van der Waals surface area contributed by atoms with Crippen LogP contribution in [0.5, 0.6) is 0 Å². The smallest absolute Gasteiger partial charge is 0.0635 e. The lowest BCUT2D eigenvalue weighted by atomic mass is 10.2. The van der Waals surface area contributed by atoms with Crippen molar-refractivity contribution < 1.29 is 4.21 Å². The average Bonchev–Trinajstić information content (AvgIpc) is 2.23. The Morgan fingerprint density at radius 3 is 2.75 bits per heavy atom. The normalized spacial score (nSPS) is 14.7. The summed E-state index contributed by atoms with van der Waals surface area (Å²) in [6.45, 7) is 4.23. The first-order chi connectivity index (χ1) is 7.52. The number of halogens is 1. The van der Waals surface area contributed by atoms with Gasteiger partial charge in [-0.15, -0.1) is 0 Å². The van der Waals surface area contributed by atoms with Gasteiger partial charge in [-0.2, -0.15) is 0 Å².